The molecule has 5 nitrogen and oxygen atoms in total. The Morgan fingerprint density at radius 2 is 1.50 bits per heavy atom. The van der Waals surface area contributed by atoms with Gasteiger partial charge in [-0.05, 0) is 99.5 Å². The summed E-state index contributed by atoms with van der Waals surface area (Å²) in [6.45, 7) is 1.81. The third kappa shape index (κ3) is 6.22. The minimum Gasteiger partial charge on any atom is -0.493 e. The van der Waals surface area contributed by atoms with Gasteiger partial charge in [0.25, 0.3) is 0 Å². The molecule has 176 valence electrons. The molecular formula is C25H34Cl2N2O3. The highest BCUT2D eigenvalue weighted by Crippen LogP contribution is 2.37. The standard InChI is InChI=1S/C25H34Cl2N2O3/c1-29(12-7-17-13-20(26)24(28)21(27)14-17)11-4-8-25(30)9-5-18-15-22(31-2)23(32-3)16-19(18)6-10-25/h13-16,30H,4-12,28H2,1-3H3. The monoisotopic (exact) mass is 480 g/mol. The third-order valence-corrected chi connectivity index (χ3v) is 7.15. The largest absolute Gasteiger partial charge is 0.493 e. The zero-order valence-corrected chi connectivity index (χ0v) is 20.7. The first kappa shape index (κ1) is 25.0. The number of nitrogens with zero attached hydrogens (tertiary/aromatic N) is 1. The van der Waals surface area contributed by atoms with Crippen molar-refractivity contribution in [2.75, 3.05) is 40.1 Å². The second-order valence-electron chi connectivity index (χ2n) is 8.83. The van der Waals surface area contributed by atoms with Crippen molar-refractivity contribution in [2.24, 2.45) is 0 Å². The van der Waals surface area contributed by atoms with Crippen LogP contribution in [0.5, 0.6) is 11.5 Å². The van der Waals surface area contributed by atoms with Gasteiger partial charge in [-0.1, -0.05) is 23.2 Å². The number of nitrogen functional groups attached to an aromatic ring is 1. The second kappa shape index (κ2) is 11.0. The van der Waals surface area contributed by atoms with Crippen molar-refractivity contribution in [1.29, 1.82) is 0 Å². The molecule has 0 fully saturated rings. The van der Waals surface area contributed by atoms with Crippen molar-refractivity contribution in [2.45, 2.75) is 50.5 Å². The molecule has 0 radical (unpaired) electrons. The van der Waals surface area contributed by atoms with Crippen LogP contribution in [-0.2, 0) is 19.3 Å². The molecule has 32 heavy (non-hydrogen) atoms. The zero-order chi connectivity index (χ0) is 23.3. The molecule has 0 heterocycles. The molecule has 7 heteroatoms. The summed E-state index contributed by atoms with van der Waals surface area (Å²) in [5.74, 6) is 1.50. The molecule has 0 spiro atoms. The minimum atomic E-state index is -0.641. The third-order valence-electron chi connectivity index (χ3n) is 6.53. The Morgan fingerprint density at radius 3 is 2.00 bits per heavy atom. The maximum absolute atomic E-state index is 11.3. The van der Waals surface area contributed by atoms with Crippen LogP contribution in [0.15, 0.2) is 24.3 Å². The number of fused-ring (bicyclic) bond motifs is 1. The maximum atomic E-state index is 11.3. The Kier molecular flexibility index (Phi) is 8.56. The summed E-state index contributed by atoms with van der Waals surface area (Å²) in [5.41, 5.74) is 9.17. The van der Waals surface area contributed by atoms with Gasteiger partial charge in [-0.15, -0.1) is 0 Å². The average molecular weight is 481 g/mol. The summed E-state index contributed by atoms with van der Waals surface area (Å²) in [4.78, 5) is 2.28. The predicted molar refractivity (Wildman–Crippen MR) is 132 cm³/mol. The molecule has 1 aliphatic rings. The van der Waals surface area contributed by atoms with E-state index in [9.17, 15) is 5.11 Å². The molecule has 0 saturated carbocycles. The summed E-state index contributed by atoms with van der Waals surface area (Å²) in [7, 11) is 5.42. The SMILES string of the molecule is COc1cc2c(cc1OC)CCC(O)(CCCN(C)CCc1cc(Cl)c(N)c(Cl)c1)CC2. The number of likely N-dealkylation sites (N-methyl/N-ethyl adjacent to an activating group) is 1. The topological polar surface area (TPSA) is 68.0 Å². The smallest absolute Gasteiger partial charge is 0.161 e. The fourth-order valence-corrected chi connectivity index (χ4v) is 4.96. The van der Waals surface area contributed by atoms with Crippen LogP contribution in [-0.4, -0.2) is 50.0 Å². The highest BCUT2D eigenvalue weighted by atomic mass is 35.5. The normalized spacial score (nSPS) is 15.3. The fraction of sp³-hybridized carbons (Fsp3) is 0.520. The van der Waals surface area contributed by atoms with Crippen molar-refractivity contribution in [3.63, 3.8) is 0 Å². The van der Waals surface area contributed by atoms with Crippen LogP contribution in [0, 0.1) is 0 Å². The van der Waals surface area contributed by atoms with E-state index in [0.29, 0.717) is 15.7 Å². The lowest BCUT2D eigenvalue weighted by molar-refractivity contribution is 0.0135. The molecule has 0 bridgehead atoms. The number of halogens is 2. The lowest BCUT2D eigenvalue weighted by Gasteiger charge is -2.27. The van der Waals surface area contributed by atoms with Gasteiger partial charge < -0.3 is 25.2 Å². The van der Waals surface area contributed by atoms with Gasteiger partial charge in [0.1, 0.15) is 0 Å². The van der Waals surface area contributed by atoms with E-state index in [2.05, 4.69) is 24.1 Å². The Balaban J connectivity index is 1.49. The number of hydrogen-bond acceptors (Lipinski definition) is 5. The Bertz CT molecular complexity index is 878. The lowest BCUT2D eigenvalue weighted by Crippen LogP contribution is -2.31. The molecule has 1 aliphatic carbocycles. The number of aliphatic hydroxyl groups is 1. The van der Waals surface area contributed by atoms with E-state index in [1.165, 1.54) is 11.1 Å². The van der Waals surface area contributed by atoms with Gasteiger partial charge in [-0.3, -0.25) is 0 Å². The van der Waals surface area contributed by atoms with E-state index in [1.807, 2.05) is 12.1 Å². The summed E-state index contributed by atoms with van der Waals surface area (Å²) in [5, 5.41) is 12.3. The van der Waals surface area contributed by atoms with Gasteiger partial charge in [-0.25, -0.2) is 0 Å². The van der Waals surface area contributed by atoms with Crippen molar-refractivity contribution in [3.05, 3.63) is 51.0 Å². The Hall–Kier alpha value is -1.66. The number of benzene rings is 2. The molecular weight excluding hydrogens is 447 g/mol. The summed E-state index contributed by atoms with van der Waals surface area (Å²) >= 11 is 12.3. The van der Waals surface area contributed by atoms with Crippen molar-refractivity contribution in [1.82, 2.24) is 4.90 Å². The zero-order valence-electron chi connectivity index (χ0n) is 19.2. The van der Waals surface area contributed by atoms with E-state index in [4.69, 9.17) is 38.4 Å². The van der Waals surface area contributed by atoms with Crippen LogP contribution in [0.4, 0.5) is 5.69 Å². The molecule has 2 aromatic carbocycles. The number of nitrogens with two attached hydrogens (primary N) is 1. The van der Waals surface area contributed by atoms with Gasteiger partial charge >= 0.3 is 0 Å². The van der Waals surface area contributed by atoms with Crippen LogP contribution in [0.25, 0.3) is 0 Å². The van der Waals surface area contributed by atoms with Gasteiger partial charge in [0.05, 0.1) is 35.6 Å². The molecule has 3 N–H and O–H groups in total. The summed E-state index contributed by atoms with van der Waals surface area (Å²) < 4.78 is 10.9. The molecule has 0 unspecified atom stereocenters. The highest BCUT2D eigenvalue weighted by Gasteiger charge is 2.30. The molecule has 0 aromatic heterocycles. The van der Waals surface area contributed by atoms with Crippen LogP contribution < -0.4 is 15.2 Å². The average Bonchev–Trinajstić information content (AvgIpc) is 2.93. The molecule has 0 saturated heterocycles. The van der Waals surface area contributed by atoms with E-state index >= 15 is 0 Å². The minimum absolute atomic E-state index is 0.432. The number of aryl methyl sites for hydroxylation is 2. The van der Waals surface area contributed by atoms with E-state index in [0.717, 1.165) is 75.1 Å². The predicted octanol–water partition coefficient (Wildman–Crippen LogP) is 5.16. The van der Waals surface area contributed by atoms with E-state index in [1.54, 1.807) is 14.2 Å². The van der Waals surface area contributed by atoms with Crippen molar-refractivity contribution < 1.29 is 14.6 Å². The van der Waals surface area contributed by atoms with Crippen LogP contribution in [0.3, 0.4) is 0 Å². The number of rotatable bonds is 9. The van der Waals surface area contributed by atoms with Gasteiger partial charge in [0, 0.05) is 6.54 Å². The number of anilines is 1. The van der Waals surface area contributed by atoms with Crippen LogP contribution in [0.2, 0.25) is 10.0 Å². The van der Waals surface area contributed by atoms with Gasteiger partial charge in [-0.2, -0.15) is 0 Å². The van der Waals surface area contributed by atoms with Crippen LogP contribution >= 0.6 is 23.2 Å². The molecule has 2 aromatic rings. The Labute approximate surface area is 201 Å². The fourth-order valence-electron chi connectivity index (χ4n) is 4.43. The van der Waals surface area contributed by atoms with Crippen molar-refractivity contribution in [3.8, 4) is 11.5 Å². The van der Waals surface area contributed by atoms with Crippen LogP contribution in [0.1, 0.15) is 42.4 Å². The molecule has 0 amide bonds. The molecule has 0 atom stereocenters. The quantitative estimate of drug-likeness (QED) is 0.383. The lowest BCUT2D eigenvalue weighted by atomic mass is 9.89. The van der Waals surface area contributed by atoms with E-state index in [-0.39, 0.29) is 0 Å². The van der Waals surface area contributed by atoms with Gasteiger partial charge in [0.2, 0.25) is 0 Å². The summed E-state index contributed by atoms with van der Waals surface area (Å²) in [6, 6.07) is 7.88. The molecule has 3 rings (SSSR count). The summed E-state index contributed by atoms with van der Waals surface area (Å²) in [6.07, 6.45) is 5.81. The molecule has 0 aliphatic heterocycles. The first-order valence-electron chi connectivity index (χ1n) is 11.1. The van der Waals surface area contributed by atoms with Gasteiger partial charge in [0.15, 0.2) is 11.5 Å². The first-order chi connectivity index (χ1) is 15.2. The second-order valence-corrected chi connectivity index (χ2v) is 9.64. The number of methoxy groups -OCH3 is 2. The first-order valence-corrected chi connectivity index (χ1v) is 11.9. The number of ether oxygens (including phenoxy) is 2. The van der Waals surface area contributed by atoms with E-state index < -0.39 is 5.60 Å². The van der Waals surface area contributed by atoms with Crippen molar-refractivity contribution >= 4 is 28.9 Å². The highest BCUT2D eigenvalue weighted by molar-refractivity contribution is 6.38. The number of hydrogen-bond donors (Lipinski definition) is 2. The maximum Gasteiger partial charge on any atom is 0.161 e. The Morgan fingerprint density at radius 1 is 0.969 bits per heavy atom.